The van der Waals surface area contributed by atoms with Crippen LogP contribution >= 0.6 is 11.8 Å². The van der Waals surface area contributed by atoms with Gasteiger partial charge in [-0.3, -0.25) is 0 Å². The first-order valence-corrected chi connectivity index (χ1v) is 7.64. The predicted molar refractivity (Wildman–Crippen MR) is 79.3 cm³/mol. The molecule has 0 aliphatic rings. The maximum Gasteiger partial charge on any atom is 0.188 e. The third kappa shape index (κ3) is 5.36. The summed E-state index contributed by atoms with van der Waals surface area (Å²) in [6.45, 7) is 12.8. The van der Waals surface area contributed by atoms with E-state index in [1.165, 1.54) is 12.0 Å². The molecule has 0 aromatic carbocycles. The van der Waals surface area contributed by atoms with Gasteiger partial charge in [-0.15, -0.1) is 0 Å². The average Bonchev–Trinajstić information content (AvgIpc) is 2.30. The van der Waals surface area contributed by atoms with E-state index in [-0.39, 0.29) is 0 Å². The number of aromatic nitrogens is 2. The lowest BCUT2D eigenvalue weighted by atomic mass is 10.1. The fourth-order valence-corrected chi connectivity index (χ4v) is 2.37. The van der Waals surface area contributed by atoms with Gasteiger partial charge in [-0.1, -0.05) is 25.6 Å². The van der Waals surface area contributed by atoms with Gasteiger partial charge in [0, 0.05) is 23.7 Å². The SMILES string of the molecule is Cc1nc(SCCNCCC(C)C)nc(C)c1C. The first-order chi connectivity index (χ1) is 8.50. The maximum absolute atomic E-state index is 4.50. The van der Waals surface area contributed by atoms with Gasteiger partial charge >= 0.3 is 0 Å². The van der Waals surface area contributed by atoms with Gasteiger partial charge in [-0.2, -0.15) is 0 Å². The molecule has 0 saturated heterocycles. The number of nitrogens with zero attached hydrogens (tertiary/aromatic N) is 2. The number of aryl methyl sites for hydroxylation is 2. The van der Waals surface area contributed by atoms with E-state index >= 15 is 0 Å². The quantitative estimate of drug-likeness (QED) is 0.468. The Morgan fingerprint density at radius 1 is 1.06 bits per heavy atom. The van der Waals surface area contributed by atoms with E-state index in [9.17, 15) is 0 Å². The molecule has 0 amide bonds. The number of rotatable bonds is 7. The van der Waals surface area contributed by atoms with Crippen LogP contribution in [0.2, 0.25) is 0 Å². The molecule has 1 N–H and O–H groups in total. The highest BCUT2D eigenvalue weighted by Gasteiger charge is 2.04. The molecule has 0 radical (unpaired) electrons. The smallest absolute Gasteiger partial charge is 0.188 e. The van der Waals surface area contributed by atoms with Crippen molar-refractivity contribution in [1.82, 2.24) is 15.3 Å². The standard InChI is InChI=1S/C14H25N3S/c1-10(2)6-7-15-8-9-18-14-16-12(4)11(3)13(5)17-14/h10,15H,6-9H2,1-5H3. The lowest BCUT2D eigenvalue weighted by Crippen LogP contribution is -2.19. The fraction of sp³-hybridized carbons (Fsp3) is 0.714. The van der Waals surface area contributed by atoms with Gasteiger partial charge in [0.1, 0.15) is 0 Å². The lowest BCUT2D eigenvalue weighted by Gasteiger charge is -2.08. The van der Waals surface area contributed by atoms with E-state index in [0.29, 0.717) is 0 Å². The van der Waals surface area contributed by atoms with E-state index in [2.05, 4.69) is 49.9 Å². The molecule has 0 unspecified atom stereocenters. The van der Waals surface area contributed by atoms with Gasteiger partial charge in [-0.25, -0.2) is 9.97 Å². The highest BCUT2D eigenvalue weighted by molar-refractivity contribution is 7.99. The molecule has 1 heterocycles. The number of thioether (sulfide) groups is 1. The Morgan fingerprint density at radius 2 is 1.67 bits per heavy atom. The summed E-state index contributed by atoms with van der Waals surface area (Å²) < 4.78 is 0. The lowest BCUT2D eigenvalue weighted by molar-refractivity contribution is 0.547. The second kappa shape index (κ2) is 7.74. The summed E-state index contributed by atoms with van der Waals surface area (Å²) in [5, 5.41) is 4.36. The van der Waals surface area contributed by atoms with Crippen LogP contribution in [-0.4, -0.2) is 28.8 Å². The van der Waals surface area contributed by atoms with Crippen molar-refractivity contribution in [2.24, 2.45) is 5.92 Å². The molecule has 4 heteroatoms. The second-order valence-corrected chi connectivity index (χ2v) is 6.15. The van der Waals surface area contributed by atoms with Gasteiger partial charge in [0.15, 0.2) is 5.16 Å². The normalized spacial score (nSPS) is 11.2. The molecule has 1 aromatic heterocycles. The third-order valence-corrected chi connectivity index (χ3v) is 3.87. The van der Waals surface area contributed by atoms with Gasteiger partial charge in [0.05, 0.1) is 0 Å². The Morgan fingerprint density at radius 3 is 2.22 bits per heavy atom. The van der Waals surface area contributed by atoms with E-state index in [0.717, 1.165) is 41.3 Å². The Hall–Kier alpha value is -0.610. The van der Waals surface area contributed by atoms with Crippen LogP contribution in [0.25, 0.3) is 0 Å². The molecule has 1 aromatic rings. The maximum atomic E-state index is 4.50. The molecule has 3 nitrogen and oxygen atoms in total. The summed E-state index contributed by atoms with van der Waals surface area (Å²) in [5.74, 6) is 1.80. The minimum absolute atomic E-state index is 0.774. The highest BCUT2D eigenvalue weighted by atomic mass is 32.2. The molecule has 0 atom stereocenters. The van der Waals surface area contributed by atoms with Crippen LogP contribution in [-0.2, 0) is 0 Å². The van der Waals surface area contributed by atoms with Crippen molar-refractivity contribution in [3.05, 3.63) is 17.0 Å². The van der Waals surface area contributed by atoms with Crippen LogP contribution < -0.4 is 5.32 Å². The second-order valence-electron chi connectivity index (χ2n) is 5.08. The first kappa shape index (κ1) is 15.4. The van der Waals surface area contributed by atoms with Crippen molar-refractivity contribution in [2.45, 2.75) is 46.2 Å². The van der Waals surface area contributed by atoms with Crippen LogP contribution in [0.1, 0.15) is 37.2 Å². The number of hydrogen-bond donors (Lipinski definition) is 1. The van der Waals surface area contributed by atoms with Crippen LogP contribution in [0.4, 0.5) is 0 Å². The zero-order valence-corrected chi connectivity index (χ0v) is 13.0. The molecule has 0 aliphatic carbocycles. The topological polar surface area (TPSA) is 37.8 Å². The summed E-state index contributed by atoms with van der Waals surface area (Å²) in [6, 6.07) is 0. The Labute approximate surface area is 115 Å². The van der Waals surface area contributed by atoms with Crippen LogP contribution in [0.15, 0.2) is 5.16 Å². The van der Waals surface area contributed by atoms with Crippen molar-refractivity contribution in [3.8, 4) is 0 Å². The molecule has 0 spiro atoms. The van der Waals surface area contributed by atoms with Gasteiger partial charge in [-0.05, 0) is 45.2 Å². The molecule has 1 rings (SSSR count). The van der Waals surface area contributed by atoms with Crippen LogP contribution in [0.3, 0.4) is 0 Å². The monoisotopic (exact) mass is 267 g/mol. The summed E-state index contributed by atoms with van der Waals surface area (Å²) in [4.78, 5) is 9.01. The summed E-state index contributed by atoms with van der Waals surface area (Å²) in [6.07, 6.45) is 1.24. The van der Waals surface area contributed by atoms with E-state index in [1.54, 1.807) is 11.8 Å². The summed E-state index contributed by atoms with van der Waals surface area (Å²) >= 11 is 1.73. The van der Waals surface area contributed by atoms with Crippen LogP contribution in [0, 0.1) is 26.7 Å². The molecule has 0 aliphatic heterocycles. The first-order valence-electron chi connectivity index (χ1n) is 6.66. The van der Waals surface area contributed by atoms with Crippen molar-refractivity contribution in [3.63, 3.8) is 0 Å². The fourth-order valence-electron chi connectivity index (χ4n) is 1.54. The predicted octanol–water partition coefficient (Wildman–Crippen LogP) is 3.13. The van der Waals surface area contributed by atoms with Crippen LogP contribution in [0.5, 0.6) is 0 Å². The van der Waals surface area contributed by atoms with Gasteiger partial charge in [0.2, 0.25) is 0 Å². The molecular formula is C14H25N3S. The summed E-state index contributed by atoms with van der Waals surface area (Å²) in [5.41, 5.74) is 3.39. The van der Waals surface area contributed by atoms with E-state index < -0.39 is 0 Å². The molecule has 0 fully saturated rings. The van der Waals surface area contributed by atoms with Gasteiger partial charge < -0.3 is 5.32 Å². The molecular weight excluding hydrogens is 242 g/mol. The molecule has 18 heavy (non-hydrogen) atoms. The molecule has 0 saturated carbocycles. The van der Waals surface area contributed by atoms with Crippen molar-refractivity contribution >= 4 is 11.8 Å². The highest BCUT2D eigenvalue weighted by Crippen LogP contribution is 2.16. The zero-order chi connectivity index (χ0) is 13.5. The minimum atomic E-state index is 0.774. The molecule has 102 valence electrons. The summed E-state index contributed by atoms with van der Waals surface area (Å²) in [7, 11) is 0. The Kier molecular flexibility index (Phi) is 6.65. The average molecular weight is 267 g/mol. The van der Waals surface area contributed by atoms with Crippen molar-refractivity contribution < 1.29 is 0 Å². The number of nitrogens with one attached hydrogen (secondary N) is 1. The van der Waals surface area contributed by atoms with Gasteiger partial charge in [0.25, 0.3) is 0 Å². The van der Waals surface area contributed by atoms with E-state index in [4.69, 9.17) is 0 Å². The molecule has 0 bridgehead atoms. The number of hydrogen-bond acceptors (Lipinski definition) is 4. The zero-order valence-electron chi connectivity index (χ0n) is 12.2. The van der Waals surface area contributed by atoms with Crippen molar-refractivity contribution in [2.75, 3.05) is 18.8 Å². The minimum Gasteiger partial charge on any atom is -0.316 e. The Bertz CT molecular complexity index is 354. The third-order valence-electron chi connectivity index (χ3n) is 3.02. The van der Waals surface area contributed by atoms with E-state index in [1.807, 2.05) is 0 Å². The Balaban J connectivity index is 2.27. The van der Waals surface area contributed by atoms with Crippen molar-refractivity contribution in [1.29, 1.82) is 0 Å². The largest absolute Gasteiger partial charge is 0.316 e.